The lowest BCUT2D eigenvalue weighted by Crippen LogP contribution is -2.28. The Labute approximate surface area is 88.1 Å². The van der Waals surface area contributed by atoms with Crippen molar-refractivity contribution in [1.29, 1.82) is 0 Å². The lowest BCUT2D eigenvalue weighted by molar-refractivity contribution is 0.267. The second-order valence-electron chi connectivity index (χ2n) is 4.80. The summed E-state index contributed by atoms with van der Waals surface area (Å²) in [6.45, 7) is 6.14. The van der Waals surface area contributed by atoms with Gasteiger partial charge in [0.1, 0.15) is 0 Å². The largest absolute Gasteiger partial charge is 0.314 e. The molecule has 1 saturated heterocycles. The van der Waals surface area contributed by atoms with E-state index in [1.54, 1.807) is 0 Å². The van der Waals surface area contributed by atoms with Crippen molar-refractivity contribution >= 4 is 0 Å². The summed E-state index contributed by atoms with van der Waals surface area (Å²) in [6, 6.07) is 1.80. The summed E-state index contributed by atoms with van der Waals surface area (Å²) in [4.78, 5) is 2.66. The predicted molar refractivity (Wildman–Crippen MR) is 60.5 cm³/mol. The topological polar surface area (TPSA) is 15.3 Å². The summed E-state index contributed by atoms with van der Waals surface area (Å²) in [5.41, 5.74) is 0. The fraction of sp³-hybridized carbons (Fsp3) is 1.00. The van der Waals surface area contributed by atoms with Gasteiger partial charge in [0.2, 0.25) is 0 Å². The van der Waals surface area contributed by atoms with Gasteiger partial charge in [-0.1, -0.05) is 6.92 Å². The molecular weight excluding hydrogens is 172 g/mol. The molecule has 0 aromatic rings. The fourth-order valence-corrected chi connectivity index (χ4v) is 2.58. The Hall–Kier alpha value is -0.0800. The molecule has 0 aromatic heterocycles. The molecule has 82 valence electrons. The van der Waals surface area contributed by atoms with Gasteiger partial charge in [-0.2, -0.15) is 0 Å². The molecular formula is C12H24N2. The molecule has 14 heavy (non-hydrogen) atoms. The molecule has 2 rings (SSSR count). The van der Waals surface area contributed by atoms with E-state index in [4.69, 9.17) is 0 Å². The van der Waals surface area contributed by atoms with Gasteiger partial charge < -0.3 is 10.2 Å². The summed E-state index contributed by atoms with van der Waals surface area (Å²) in [5.74, 6) is 0. The second kappa shape index (κ2) is 5.13. The standard InChI is InChI=1S/C12H24N2/c1-2-14(12-7-8-12)10-4-6-11-5-3-9-13-11/h11-13H,2-10H2,1H3. The van der Waals surface area contributed by atoms with Crippen LogP contribution in [-0.2, 0) is 0 Å². The lowest BCUT2D eigenvalue weighted by Gasteiger charge is -2.20. The van der Waals surface area contributed by atoms with Crippen molar-refractivity contribution in [2.24, 2.45) is 0 Å². The van der Waals surface area contributed by atoms with Gasteiger partial charge in [-0.05, 0) is 58.2 Å². The Morgan fingerprint density at radius 3 is 2.71 bits per heavy atom. The summed E-state index contributed by atoms with van der Waals surface area (Å²) < 4.78 is 0. The van der Waals surface area contributed by atoms with Crippen molar-refractivity contribution < 1.29 is 0 Å². The van der Waals surface area contributed by atoms with E-state index in [2.05, 4.69) is 17.1 Å². The van der Waals surface area contributed by atoms with Crippen LogP contribution in [-0.4, -0.2) is 36.6 Å². The second-order valence-corrected chi connectivity index (χ2v) is 4.80. The van der Waals surface area contributed by atoms with Gasteiger partial charge in [0.05, 0.1) is 0 Å². The van der Waals surface area contributed by atoms with Crippen LogP contribution in [0, 0.1) is 0 Å². The monoisotopic (exact) mass is 196 g/mol. The van der Waals surface area contributed by atoms with E-state index in [1.165, 1.54) is 58.2 Å². The minimum atomic E-state index is 0.841. The van der Waals surface area contributed by atoms with E-state index in [1.807, 2.05) is 0 Å². The molecule has 1 heterocycles. The van der Waals surface area contributed by atoms with Crippen molar-refractivity contribution in [3.05, 3.63) is 0 Å². The fourth-order valence-electron chi connectivity index (χ4n) is 2.58. The van der Waals surface area contributed by atoms with Gasteiger partial charge >= 0.3 is 0 Å². The highest BCUT2D eigenvalue weighted by atomic mass is 15.2. The minimum Gasteiger partial charge on any atom is -0.314 e. The molecule has 1 N–H and O–H groups in total. The summed E-state index contributed by atoms with van der Waals surface area (Å²) in [6.07, 6.45) is 8.50. The van der Waals surface area contributed by atoms with Crippen LogP contribution >= 0.6 is 0 Å². The maximum Gasteiger partial charge on any atom is 0.00963 e. The number of hydrogen-bond acceptors (Lipinski definition) is 2. The average molecular weight is 196 g/mol. The quantitative estimate of drug-likeness (QED) is 0.699. The third kappa shape index (κ3) is 2.96. The zero-order chi connectivity index (χ0) is 9.80. The maximum atomic E-state index is 3.57. The maximum absolute atomic E-state index is 3.57. The van der Waals surface area contributed by atoms with Crippen LogP contribution in [0.25, 0.3) is 0 Å². The van der Waals surface area contributed by atoms with Crippen molar-refractivity contribution in [2.45, 2.75) is 57.5 Å². The molecule has 0 radical (unpaired) electrons. The normalized spacial score (nSPS) is 27.4. The van der Waals surface area contributed by atoms with E-state index in [0.717, 1.165) is 12.1 Å². The smallest absolute Gasteiger partial charge is 0.00963 e. The molecule has 1 unspecified atom stereocenters. The Kier molecular flexibility index (Phi) is 3.82. The Morgan fingerprint density at radius 1 is 1.29 bits per heavy atom. The first kappa shape index (κ1) is 10.4. The zero-order valence-corrected chi connectivity index (χ0v) is 9.47. The summed E-state index contributed by atoms with van der Waals surface area (Å²) in [5, 5.41) is 3.57. The van der Waals surface area contributed by atoms with Gasteiger partial charge in [-0.3, -0.25) is 0 Å². The molecule has 1 saturated carbocycles. The number of nitrogens with one attached hydrogen (secondary N) is 1. The van der Waals surface area contributed by atoms with Crippen LogP contribution in [0.15, 0.2) is 0 Å². The molecule has 0 aromatic carbocycles. The van der Waals surface area contributed by atoms with Crippen LogP contribution in [0.2, 0.25) is 0 Å². The zero-order valence-electron chi connectivity index (χ0n) is 9.47. The molecule has 2 heteroatoms. The number of hydrogen-bond donors (Lipinski definition) is 1. The molecule has 0 bridgehead atoms. The summed E-state index contributed by atoms with van der Waals surface area (Å²) in [7, 11) is 0. The number of rotatable bonds is 6. The molecule has 2 nitrogen and oxygen atoms in total. The van der Waals surface area contributed by atoms with Gasteiger partial charge in [-0.15, -0.1) is 0 Å². The molecule has 1 aliphatic heterocycles. The lowest BCUT2D eigenvalue weighted by atomic mass is 10.1. The highest BCUT2D eigenvalue weighted by Gasteiger charge is 2.27. The third-order valence-electron chi connectivity index (χ3n) is 3.63. The van der Waals surface area contributed by atoms with Gasteiger partial charge in [0, 0.05) is 12.1 Å². The van der Waals surface area contributed by atoms with Crippen molar-refractivity contribution in [1.82, 2.24) is 10.2 Å². The predicted octanol–water partition coefficient (Wildman–Crippen LogP) is 2.00. The Bertz CT molecular complexity index is 160. The van der Waals surface area contributed by atoms with Crippen LogP contribution in [0.3, 0.4) is 0 Å². The van der Waals surface area contributed by atoms with Crippen LogP contribution in [0.1, 0.15) is 45.4 Å². The molecule has 0 amide bonds. The third-order valence-corrected chi connectivity index (χ3v) is 3.63. The van der Waals surface area contributed by atoms with Gasteiger partial charge in [-0.25, -0.2) is 0 Å². The van der Waals surface area contributed by atoms with Gasteiger partial charge in [0.15, 0.2) is 0 Å². The van der Waals surface area contributed by atoms with E-state index >= 15 is 0 Å². The average Bonchev–Trinajstić information content (AvgIpc) is 2.91. The Balaban J connectivity index is 1.56. The summed E-state index contributed by atoms with van der Waals surface area (Å²) >= 11 is 0. The van der Waals surface area contributed by atoms with Crippen molar-refractivity contribution in [3.8, 4) is 0 Å². The van der Waals surface area contributed by atoms with Gasteiger partial charge in [0.25, 0.3) is 0 Å². The molecule has 2 fully saturated rings. The van der Waals surface area contributed by atoms with Crippen LogP contribution in [0.4, 0.5) is 0 Å². The van der Waals surface area contributed by atoms with E-state index in [-0.39, 0.29) is 0 Å². The first-order chi connectivity index (χ1) is 6.90. The Morgan fingerprint density at radius 2 is 2.14 bits per heavy atom. The molecule has 0 spiro atoms. The number of nitrogens with zero attached hydrogens (tertiary/aromatic N) is 1. The van der Waals surface area contributed by atoms with E-state index < -0.39 is 0 Å². The van der Waals surface area contributed by atoms with Crippen LogP contribution < -0.4 is 5.32 Å². The molecule has 1 aliphatic carbocycles. The first-order valence-electron chi connectivity index (χ1n) is 6.37. The van der Waals surface area contributed by atoms with Crippen molar-refractivity contribution in [2.75, 3.05) is 19.6 Å². The molecule has 1 atom stereocenters. The van der Waals surface area contributed by atoms with Crippen LogP contribution in [0.5, 0.6) is 0 Å². The van der Waals surface area contributed by atoms with E-state index in [9.17, 15) is 0 Å². The SMILES string of the molecule is CCN(CCCC1CCCN1)C1CC1. The highest BCUT2D eigenvalue weighted by Crippen LogP contribution is 2.26. The minimum absolute atomic E-state index is 0.841. The van der Waals surface area contributed by atoms with E-state index in [0.29, 0.717) is 0 Å². The highest BCUT2D eigenvalue weighted by molar-refractivity contribution is 4.84. The first-order valence-corrected chi connectivity index (χ1v) is 6.37. The molecule has 2 aliphatic rings. The van der Waals surface area contributed by atoms with Crippen molar-refractivity contribution in [3.63, 3.8) is 0 Å².